The van der Waals surface area contributed by atoms with E-state index in [1.807, 2.05) is 64.7 Å². The standard InChI is InChI=1S/C32H37N5O2S/c1-3-15-37(31(38)27-13-11-25(2)12-14-27)22-28-10-7-16-36(28)23-30-33-29(24-40-30)32(39)35-19-17-34(18-20-35)21-26-8-5-4-6-9-26/h4-14,16,24H,3,15,17-23H2,1-2H3. The first-order valence-electron chi connectivity index (χ1n) is 14.0. The first-order valence-corrected chi connectivity index (χ1v) is 14.9. The molecule has 0 spiro atoms. The molecular formula is C32H37N5O2S. The minimum Gasteiger partial charge on any atom is -0.343 e. The maximum absolute atomic E-state index is 13.2. The van der Waals surface area contributed by atoms with E-state index < -0.39 is 0 Å². The molecule has 2 aromatic heterocycles. The van der Waals surface area contributed by atoms with Gasteiger partial charge in [0.15, 0.2) is 0 Å². The number of amides is 2. The highest BCUT2D eigenvalue weighted by Crippen LogP contribution is 2.18. The zero-order valence-corrected chi connectivity index (χ0v) is 24.1. The van der Waals surface area contributed by atoms with Crippen molar-refractivity contribution in [3.63, 3.8) is 0 Å². The molecule has 2 aromatic carbocycles. The number of aryl methyl sites for hydroxylation is 1. The maximum Gasteiger partial charge on any atom is 0.273 e. The Kier molecular flexibility index (Phi) is 9.08. The molecule has 7 nitrogen and oxygen atoms in total. The fraction of sp³-hybridized carbons (Fsp3) is 0.344. The van der Waals surface area contributed by atoms with Crippen molar-refractivity contribution in [3.8, 4) is 0 Å². The van der Waals surface area contributed by atoms with Gasteiger partial charge in [0.25, 0.3) is 11.8 Å². The first-order chi connectivity index (χ1) is 19.5. The van der Waals surface area contributed by atoms with Crippen molar-refractivity contribution in [2.24, 2.45) is 0 Å². The summed E-state index contributed by atoms with van der Waals surface area (Å²) in [5, 5.41) is 2.76. The van der Waals surface area contributed by atoms with E-state index in [2.05, 4.69) is 46.7 Å². The largest absolute Gasteiger partial charge is 0.343 e. The molecule has 1 saturated heterocycles. The fourth-order valence-electron chi connectivity index (χ4n) is 5.08. The number of carbonyl (C=O) groups is 2. The van der Waals surface area contributed by atoms with E-state index in [1.54, 1.807) is 0 Å². The van der Waals surface area contributed by atoms with E-state index in [0.29, 0.717) is 44.0 Å². The Bertz CT molecular complexity index is 1400. The predicted octanol–water partition coefficient (Wildman–Crippen LogP) is 5.31. The molecule has 3 heterocycles. The van der Waals surface area contributed by atoms with E-state index in [-0.39, 0.29) is 11.8 Å². The Labute approximate surface area is 240 Å². The van der Waals surface area contributed by atoms with Gasteiger partial charge in [-0.3, -0.25) is 14.5 Å². The van der Waals surface area contributed by atoms with Gasteiger partial charge in [0.2, 0.25) is 0 Å². The van der Waals surface area contributed by atoms with Crippen molar-refractivity contribution >= 4 is 23.2 Å². The second-order valence-electron chi connectivity index (χ2n) is 10.4. The quantitative estimate of drug-likeness (QED) is 0.266. The summed E-state index contributed by atoms with van der Waals surface area (Å²) in [6, 6.07) is 22.3. The molecule has 1 aliphatic rings. The average Bonchev–Trinajstić information content (AvgIpc) is 3.63. The van der Waals surface area contributed by atoms with E-state index in [1.165, 1.54) is 16.9 Å². The number of benzene rings is 2. The van der Waals surface area contributed by atoms with E-state index in [9.17, 15) is 9.59 Å². The molecule has 2 amide bonds. The van der Waals surface area contributed by atoms with Crippen molar-refractivity contribution in [1.82, 2.24) is 24.3 Å². The van der Waals surface area contributed by atoms with E-state index in [0.717, 1.165) is 42.3 Å². The molecule has 1 aliphatic heterocycles. The number of aromatic nitrogens is 2. The molecule has 0 atom stereocenters. The lowest BCUT2D eigenvalue weighted by Gasteiger charge is -2.34. The van der Waals surface area contributed by atoms with Gasteiger partial charge in [-0.15, -0.1) is 11.3 Å². The van der Waals surface area contributed by atoms with Crippen LogP contribution >= 0.6 is 11.3 Å². The molecule has 0 saturated carbocycles. The molecular weight excluding hydrogens is 518 g/mol. The highest BCUT2D eigenvalue weighted by molar-refractivity contribution is 7.09. The van der Waals surface area contributed by atoms with Crippen LogP contribution in [0.2, 0.25) is 0 Å². The van der Waals surface area contributed by atoms with Crippen molar-refractivity contribution in [2.45, 2.75) is 39.9 Å². The Morgan fingerprint density at radius 1 is 0.925 bits per heavy atom. The summed E-state index contributed by atoms with van der Waals surface area (Å²) in [4.78, 5) is 37.4. The Morgan fingerprint density at radius 2 is 1.68 bits per heavy atom. The maximum atomic E-state index is 13.2. The molecule has 8 heteroatoms. The smallest absolute Gasteiger partial charge is 0.273 e. The van der Waals surface area contributed by atoms with Gasteiger partial charge in [0, 0.05) is 62.1 Å². The van der Waals surface area contributed by atoms with Gasteiger partial charge in [0.1, 0.15) is 10.7 Å². The SMILES string of the molecule is CCCN(Cc1cccn1Cc1nc(C(=O)N2CCN(Cc3ccccc3)CC2)cs1)C(=O)c1ccc(C)cc1. The lowest BCUT2D eigenvalue weighted by Crippen LogP contribution is -2.48. The van der Waals surface area contributed by atoms with Crippen molar-refractivity contribution < 1.29 is 9.59 Å². The number of hydrogen-bond donors (Lipinski definition) is 0. The molecule has 0 radical (unpaired) electrons. The topological polar surface area (TPSA) is 61.7 Å². The zero-order valence-electron chi connectivity index (χ0n) is 23.3. The van der Waals surface area contributed by atoms with Crippen LogP contribution in [-0.2, 0) is 19.6 Å². The number of nitrogens with zero attached hydrogens (tertiary/aromatic N) is 5. The van der Waals surface area contributed by atoms with E-state index >= 15 is 0 Å². The summed E-state index contributed by atoms with van der Waals surface area (Å²) in [7, 11) is 0. The summed E-state index contributed by atoms with van der Waals surface area (Å²) in [5.74, 6) is 0.0491. The van der Waals surface area contributed by atoms with Crippen LogP contribution in [0.3, 0.4) is 0 Å². The molecule has 4 aromatic rings. The number of carbonyl (C=O) groups excluding carboxylic acids is 2. The molecule has 5 rings (SSSR count). The summed E-state index contributed by atoms with van der Waals surface area (Å²) >= 11 is 1.51. The third-order valence-corrected chi connectivity index (χ3v) is 8.17. The Balaban J connectivity index is 1.18. The highest BCUT2D eigenvalue weighted by atomic mass is 32.1. The monoisotopic (exact) mass is 555 g/mol. The van der Waals surface area contributed by atoms with Crippen molar-refractivity contribution in [2.75, 3.05) is 32.7 Å². The van der Waals surface area contributed by atoms with Crippen LogP contribution in [-0.4, -0.2) is 68.8 Å². The second-order valence-corrected chi connectivity index (χ2v) is 11.3. The van der Waals surface area contributed by atoms with Gasteiger partial charge >= 0.3 is 0 Å². The summed E-state index contributed by atoms with van der Waals surface area (Å²) in [5.41, 5.74) is 4.72. The molecule has 208 valence electrons. The second kappa shape index (κ2) is 13.1. The Hall–Kier alpha value is -3.75. The van der Waals surface area contributed by atoms with Gasteiger partial charge < -0.3 is 14.4 Å². The van der Waals surface area contributed by atoms with Crippen LogP contribution in [0.25, 0.3) is 0 Å². The molecule has 1 fully saturated rings. The summed E-state index contributed by atoms with van der Waals surface area (Å²) in [6.07, 6.45) is 2.90. The third-order valence-electron chi connectivity index (χ3n) is 7.34. The summed E-state index contributed by atoms with van der Waals surface area (Å²) in [6.45, 7) is 9.95. The van der Waals surface area contributed by atoms with Gasteiger partial charge in [-0.1, -0.05) is 55.0 Å². The van der Waals surface area contributed by atoms with Gasteiger partial charge in [-0.05, 0) is 43.2 Å². The fourth-order valence-corrected chi connectivity index (χ4v) is 5.85. The van der Waals surface area contributed by atoms with Gasteiger partial charge in [-0.2, -0.15) is 0 Å². The molecule has 0 aliphatic carbocycles. The molecule has 0 unspecified atom stereocenters. The zero-order chi connectivity index (χ0) is 27.9. The lowest BCUT2D eigenvalue weighted by molar-refractivity contribution is 0.0623. The number of piperazine rings is 1. The van der Waals surface area contributed by atoms with Crippen LogP contribution in [0, 0.1) is 6.92 Å². The number of hydrogen-bond acceptors (Lipinski definition) is 5. The third kappa shape index (κ3) is 6.87. The highest BCUT2D eigenvalue weighted by Gasteiger charge is 2.24. The van der Waals surface area contributed by atoms with Gasteiger partial charge in [0.05, 0.1) is 13.1 Å². The van der Waals surface area contributed by atoms with Gasteiger partial charge in [-0.25, -0.2) is 4.98 Å². The van der Waals surface area contributed by atoms with Crippen molar-refractivity contribution in [3.05, 3.63) is 111 Å². The minimum atomic E-state index is 0.00686. The normalized spacial score (nSPS) is 13.9. The van der Waals surface area contributed by atoms with Crippen LogP contribution in [0.15, 0.2) is 78.3 Å². The van der Waals surface area contributed by atoms with Crippen molar-refractivity contribution in [1.29, 1.82) is 0 Å². The van der Waals surface area contributed by atoms with Crippen LogP contribution in [0.4, 0.5) is 0 Å². The molecule has 0 N–H and O–H groups in total. The lowest BCUT2D eigenvalue weighted by atomic mass is 10.1. The predicted molar refractivity (Wildman–Crippen MR) is 159 cm³/mol. The van der Waals surface area contributed by atoms with E-state index in [4.69, 9.17) is 4.98 Å². The Morgan fingerprint density at radius 3 is 2.40 bits per heavy atom. The van der Waals surface area contributed by atoms with Crippen LogP contribution in [0.5, 0.6) is 0 Å². The van der Waals surface area contributed by atoms with Crippen LogP contribution < -0.4 is 0 Å². The number of rotatable bonds is 10. The molecule has 0 bridgehead atoms. The van der Waals surface area contributed by atoms with Crippen LogP contribution in [0.1, 0.15) is 56.0 Å². The minimum absolute atomic E-state index is 0.00686. The molecule has 40 heavy (non-hydrogen) atoms. The summed E-state index contributed by atoms with van der Waals surface area (Å²) < 4.78 is 2.13. The first kappa shape index (κ1) is 27.8. The number of thiazole rings is 1. The average molecular weight is 556 g/mol.